The molecule has 0 N–H and O–H groups in total. The first-order valence-corrected chi connectivity index (χ1v) is 8.28. The summed E-state index contributed by atoms with van der Waals surface area (Å²) in [6.07, 6.45) is 0. The summed E-state index contributed by atoms with van der Waals surface area (Å²) in [6.45, 7) is 3.95. The summed E-state index contributed by atoms with van der Waals surface area (Å²) >= 11 is 6.18. The topological polar surface area (TPSA) is 21.1 Å². The van der Waals surface area contributed by atoms with Crippen LogP contribution in [0.15, 0.2) is 48.5 Å². The lowest BCUT2D eigenvalue weighted by atomic mass is 10.1. The first-order valence-electron chi connectivity index (χ1n) is 7.91. The highest BCUT2D eigenvalue weighted by molar-refractivity contribution is 6.31. The molecule has 0 spiro atoms. The van der Waals surface area contributed by atoms with E-state index in [4.69, 9.17) is 11.6 Å². The highest BCUT2D eigenvalue weighted by atomic mass is 35.5. The fraction of sp³-hybridized carbons (Fsp3) is 0.211. The van der Waals surface area contributed by atoms with Crippen molar-refractivity contribution >= 4 is 17.4 Å². The fourth-order valence-electron chi connectivity index (χ4n) is 3.23. The van der Waals surface area contributed by atoms with Crippen LogP contribution in [0.4, 0.5) is 10.2 Å². The van der Waals surface area contributed by atoms with Gasteiger partial charge in [-0.2, -0.15) is 5.10 Å². The van der Waals surface area contributed by atoms with Gasteiger partial charge in [0.25, 0.3) is 0 Å². The average Bonchev–Trinajstić information content (AvgIpc) is 3.14. The van der Waals surface area contributed by atoms with Gasteiger partial charge >= 0.3 is 0 Å². The second kappa shape index (κ2) is 5.95. The maximum absolute atomic E-state index is 14.1. The maximum Gasteiger partial charge on any atom is 0.129 e. The molecular weight excluding hydrogens is 325 g/mol. The fourth-order valence-corrected chi connectivity index (χ4v) is 3.45. The van der Waals surface area contributed by atoms with E-state index >= 15 is 0 Å². The number of hydrogen-bond acceptors (Lipinski definition) is 2. The molecule has 4 rings (SSSR count). The zero-order valence-electron chi connectivity index (χ0n) is 13.3. The molecule has 2 aromatic carbocycles. The van der Waals surface area contributed by atoms with Gasteiger partial charge in [0.1, 0.15) is 11.6 Å². The predicted molar refractivity (Wildman–Crippen MR) is 93.8 cm³/mol. The van der Waals surface area contributed by atoms with E-state index in [1.54, 1.807) is 12.1 Å². The number of aryl methyl sites for hydroxylation is 1. The molecule has 1 aliphatic heterocycles. The number of nitrogens with zero attached hydrogens (tertiary/aromatic N) is 3. The first-order chi connectivity index (χ1) is 11.6. The molecular formula is C19H17ClFN3. The molecule has 0 bridgehead atoms. The Labute approximate surface area is 145 Å². The Hall–Kier alpha value is -2.33. The van der Waals surface area contributed by atoms with Gasteiger partial charge < -0.3 is 4.90 Å². The summed E-state index contributed by atoms with van der Waals surface area (Å²) in [7, 11) is 0. The zero-order valence-corrected chi connectivity index (χ0v) is 14.1. The molecule has 0 amide bonds. The van der Waals surface area contributed by atoms with Crippen LogP contribution in [0.1, 0.15) is 22.4 Å². The molecule has 24 heavy (non-hydrogen) atoms. The zero-order chi connectivity index (χ0) is 16.7. The highest BCUT2D eigenvalue weighted by Crippen LogP contribution is 2.30. The number of aromatic nitrogens is 2. The number of hydrogen-bond donors (Lipinski definition) is 0. The van der Waals surface area contributed by atoms with Crippen LogP contribution >= 0.6 is 11.6 Å². The van der Waals surface area contributed by atoms with Crippen molar-refractivity contribution in [1.29, 1.82) is 0 Å². The lowest BCUT2D eigenvalue weighted by molar-refractivity contribution is 0.580. The van der Waals surface area contributed by atoms with Crippen molar-refractivity contribution < 1.29 is 4.39 Å². The maximum atomic E-state index is 14.1. The van der Waals surface area contributed by atoms with Crippen molar-refractivity contribution in [2.24, 2.45) is 0 Å². The van der Waals surface area contributed by atoms with Gasteiger partial charge in [-0.25, -0.2) is 9.07 Å². The number of rotatable bonds is 3. The Morgan fingerprint density at radius 3 is 2.46 bits per heavy atom. The second-order valence-electron chi connectivity index (χ2n) is 6.13. The van der Waals surface area contributed by atoms with Crippen LogP contribution in [0.2, 0.25) is 5.02 Å². The minimum absolute atomic E-state index is 0.300. The summed E-state index contributed by atoms with van der Waals surface area (Å²) in [4.78, 5) is 2.26. The lowest BCUT2D eigenvalue weighted by Crippen LogP contribution is -2.20. The second-order valence-corrected chi connectivity index (χ2v) is 6.53. The minimum atomic E-state index is -0.300. The molecule has 122 valence electrons. The van der Waals surface area contributed by atoms with Gasteiger partial charge in [0.15, 0.2) is 0 Å². The van der Waals surface area contributed by atoms with Crippen molar-refractivity contribution in [2.45, 2.75) is 26.6 Å². The van der Waals surface area contributed by atoms with E-state index in [2.05, 4.69) is 34.3 Å². The average molecular weight is 342 g/mol. The molecule has 0 saturated carbocycles. The third-order valence-electron chi connectivity index (χ3n) is 4.42. The molecule has 0 radical (unpaired) electrons. The van der Waals surface area contributed by atoms with E-state index in [1.165, 1.54) is 17.2 Å². The summed E-state index contributed by atoms with van der Waals surface area (Å²) in [5.74, 6) is 0.689. The number of fused-ring (bicyclic) bond motifs is 1. The van der Waals surface area contributed by atoms with Crippen LogP contribution in [0, 0.1) is 12.7 Å². The van der Waals surface area contributed by atoms with Gasteiger partial charge in [-0.15, -0.1) is 0 Å². The third-order valence-corrected chi connectivity index (χ3v) is 4.77. The molecule has 0 aliphatic carbocycles. The normalized spacial score (nSPS) is 13.4. The molecule has 3 nitrogen and oxygen atoms in total. The number of benzene rings is 2. The van der Waals surface area contributed by atoms with Crippen LogP contribution < -0.4 is 4.90 Å². The van der Waals surface area contributed by atoms with Crippen molar-refractivity contribution in [3.63, 3.8) is 0 Å². The van der Waals surface area contributed by atoms with E-state index in [0.717, 1.165) is 24.6 Å². The molecule has 1 aliphatic rings. The highest BCUT2D eigenvalue weighted by Gasteiger charge is 2.22. The monoisotopic (exact) mass is 341 g/mol. The first kappa shape index (κ1) is 15.2. The van der Waals surface area contributed by atoms with Crippen molar-refractivity contribution in [3.05, 3.63) is 81.8 Å². The Kier molecular flexibility index (Phi) is 3.77. The molecule has 0 saturated heterocycles. The van der Waals surface area contributed by atoms with E-state index in [1.807, 2.05) is 17.7 Å². The van der Waals surface area contributed by atoms with E-state index < -0.39 is 0 Å². The number of anilines is 1. The van der Waals surface area contributed by atoms with Gasteiger partial charge in [0.2, 0.25) is 0 Å². The Morgan fingerprint density at radius 2 is 1.79 bits per heavy atom. The van der Waals surface area contributed by atoms with Gasteiger partial charge in [0, 0.05) is 29.7 Å². The Morgan fingerprint density at radius 1 is 1.08 bits per heavy atom. The SMILES string of the molecule is Cc1cc(N2Cc3ccccc3C2)n(Cc2c(F)cccc2Cl)n1. The van der Waals surface area contributed by atoms with Crippen molar-refractivity contribution in [3.8, 4) is 0 Å². The molecule has 5 heteroatoms. The van der Waals surface area contributed by atoms with Gasteiger partial charge in [-0.05, 0) is 30.2 Å². The largest absolute Gasteiger partial charge is 0.348 e. The van der Waals surface area contributed by atoms with Crippen LogP contribution in [0.3, 0.4) is 0 Å². The minimum Gasteiger partial charge on any atom is -0.348 e. The van der Waals surface area contributed by atoms with E-state index in [-0.39, 0.29) is 5.82 Å². The summed E-state index contributed by atoms with van der Waals surface area (Å²) in [5, 5.41) is 4.97. The van der Waals surface area contributed by atoms with E-state index in [9.17, 15) is 4.39 Å². The third kappa shape index (κ3) is 2.67. The molecule has 1 aromatic heterocycles. The molecule has 3 aromatic rings. The van der Waals surface area contributed by atoms with Crippen LogP contribution in [0.25, 0.3) is 0 Å². The molecule has 0 fully saturated rings. The predicted octanol–water partition coefficient (Wildman–Crippen LogP) is 4.55. The standard InChI is InChI=1S/C19H17ClFN3/c1-13-9-19(23-10-14-5-2-3-6-15(14)11-23)24(22-13)12-16-17(20)7-4-8-18(16)21/h2-9H,10-12H2,1H3. The van der Waals surface area contributed by atoms with Gasteiger partial charge in [-0.1, -0.05) is 41.9 Å². The van der Waals surface area contributed by atoms with Crippen LogP contribution in [0.5, 0.6) is 0 Å². The summed E-state index contributed by atoms with van der Waals surface area (Å²) in [5.41, 5.74) is 4.03. The summed E-state index contributed by atoms with van der Waals surface area (Å²) < 4.78 is 16.0. The quantitative estimate of drug-likeness (QED) is 0.696. The van der Waals surface area contributed by atoms with Crippen molar-refractivity contribution in [1.82, 2.24) is 9.78 Å². The van der Waals surface area contributed by atoms with Gasteiger partial charge in [-0.3, -0.25) is 0 Å². The summed E-state index contributed by atoms with van der Waals surface area (Å²) in [6, 6.07) is 15.2. The van der Waals surface area contributed by atoms with Crippen molar-refractivity contribution in [2.75, 3.05) is 4.90 Å². The Balaban J connectivity index is 1.67. The lowest BCUT2D eigenvalue weighted by Gasteiger charge is -2.19. The smallest absolute Gasteiger partial charge is 0.129 e. The molecule has 2 heterocycles. The molecule has 0 atom stereocenters. The molecule has 0 unspecified atom stereocenters. The van der Waals surface area contributed by atoms with Crippen LogP contribution in [-0.2, 0) is 19.6 Å². The van der Waals surface area contributed by atoms with Gasteiger partial charge in [0.05, 0.1) is 12.2 Å². The Bertz CT molecular complexity index is 858. The van der Waals surface area contributed by atoms with E-state index in [0.29, 0.717) is 17.1 Å². The van der Waals surface area contributed by atoms with Crippen LogP contribution in [-0.4, -0.2) is 9.78 Å². The number of halogens is 2.